The molecule has 0 saturated heterocycles. The van der Waals surface area contributed by atoms with Crippen LogP contribution in [0.5, 0.6) is 0 Å². The fourth-order valence-corrected chi connectivity index (χ4v) is 1.46. The monoisotopic (exact) mass is 249 g/mol. The van der Waals surface area contributed by atoms with E-state index in [0.717, 1.165) is 0 Å². The molecule has 2 heterocycles. The molecule has 0 bridgehead atoms. The lowest BCUT2D eigenvalue weighted by Crippen LogP contribution is -1.86. The van der Waals surface area contributed by atoms with Crippen molar-refractivity contribution < 1.29 is 4.52 Å². The Kier molecular flexibility index (Phi) is 2.58. The van der Waals surface area contributed by atoms with Crippen LogP contribution < -0.4 is 0 Å². The molecule has 0 aromatic carbocycles. The molecule has 0 amide bonds. The summed E-state index contributed by atoms with van der Waals surface area (Å²) >= 11 is 17.0. The Morgan fingerprint density at radius 2 is 2.00 bits per heavy atom. The predicted octanol–water partition coefficient (Wildman–Crippen LogP) is 3.09. The van der Waals surface area contributed by atoms with Crippen molar-refractivity contribution in [3.05, 3.63) is 27.7 Å². The maximum atomic E-state index is 5.86. The van der Waals surface area contributed by atoms with E-state index in [1.807, 2.05) is 0 Å². The quantitative estimate of drug-likeness (QED) is 0.780. The van der Waals surface area contributed by atoms with Gasteiger partial charge in [-0.1, -0.05) is 28.4 Å². The second-order valence-electron chi connectivity index (χ2n) is 2.35. The molecule has 72 valence electrons. The lowest BCUT2D eigenvalue weighted by molar-refractivity contribution is 0.420. The van der Waals surface area contributed by atoms with Gasteiger partial charge < -0.3 is 4.52 Å². The van der Waals surface area contributed by atoms with Crippen LogP contribution in [0.4, 0.5) is 0 Å². The summed E-state index contributed by atoms with van der Waals surface area (Å²) in [6.07, 6.45) is 1.44. The first kappa shape index (κ1) is 9.71. The van der Waals surface area contributed by atoms with Gasteiger partial charge in [0.1, 0.15) is 5.69 Å². The van der Waals surface area contributed by atoms with Crippen molar-refractivity contribution in [1.82, 2.24) is 15.1 Å². The Morgan fingerprint density at radius 3 is 2.57 bits per heavy atom. The first-order chi connectivity index (χ1) is 6.66. The van der Waals surface area contributed by atoms with Crippen molar-refractivity contribution >= 4 is 34.8 Å². The summed E-state index contributed by atoms with van der Waals surface area (Å²) in [4.78, 5) is 7.72. The number of hydrogen-bond donors (Lipinski definition) is 0. The van der Waals surface area contributed by atoms with Crippen LogP contribution >= 0.6 is 34.8 Å². The van der Waals surface area contributed by atoms with E-state index in [0.29, 0.717) is 15.7 Å². The molecule has 0 aliphatic rings. The standard InChI is InChI=1S/C7H2Cl3N3O/c8-3-1-4(9)5(11-2-3)6-12-7(10)14-13-6/h1-2H. The highest BCUT2D eigenvalue weighted by Gasteiger charge is 2.12. The van der Waals surface area contributed by atoms with Crippen LogP contribution in [0, 0.1) is 0 Å². The molecule has 2 aromatic heterocycles. The van der Waals surface area contributed by atoms with Gasteiger partial charge in [0.05, 0.1) is 10.0 Å². The predicted molar refractivity (Wildman–Crippen MR) is 52.6 cm³/mol. The van der Waals surface area contributed by atoms with Gasteiger partial charge in [0.25, 0.3) is 0 Å². The molecular formula is C7H2Cl3N3O. The normalized spacial score (nSPS) is 10.5. The third-order valence-corrected chi connectivity index (χ3v) is 2.07. The van der Waals surface area contributed by atoms with Crippen molar-refractivity contribution in [2.24, 2.45) is 0 Å². The van der Waals surface area contributed by atoms with Crippen LogP contribution in [0.1, 0.15) is 0 Å². The average molecular weight is 250 g/mol. The SMILES string of the molecule is Clc1cnc(-c2noc(Cl)n2)c(Cl)c1. The molecule has 0 fully saturated rings. The topological polar surface area (TPSA) is 51.8 Å². The van der Waals surface area contributed by atoms with Gasteiger partial charge in [-0.15, -0.1) is 0 Å². The summed E-state index contributed by atoms with van der Waals surface area (Å²) in [6.45, 7) is 0. The van der Waals surface area contributed by atoms with Gasteiger partial charge in [-0.2, -0.15) is 4.98 Å². The van der Waals surface area contributed by atoms with Gasteiger partial charge in [0, 0.05) is 6.20 Å². The first-order valence-electron chi connectivity index (χ1n) is 3.47. The number of hydrogen-bond acceptors (Lipinski definition) is 4. The summed E-state index contributed by atoms with van der Waals surface area (Å²) in [6, 6.07) is 1.54. The van der Waals surface area contributed by atoms with Crippen molar-refractivity contribution in [3.8, 4) is 11.5 Å². The van der Waals surface area contributed by atoms with E-state index >= 15 is 0 Å². The van der Waals surface area contributed by atoms with Crippen LogP contribution in [0.15, 0.2) is 16.8 Å². The van der Waals surface area contributed by atoms with Crippen molar-refractivity contribution in [2.45, 2.75) is 0 Å². The fraction of sp³-hybridized carbons (Fsp3) is 0. The third-order valence-electron chi connectivity index (χ3n) is 1.42. The van der Waals surface area contributed by atoms with Crippen molar-refractivity contribution in [2.75, 3.05) is 0 Å². The summed E-state index contributed by atoms with van der Waals surface area (Å²) in [5.74, 6) is 0.233. The minimum atomic E-state index is -0.0622. The number of halogens is 3. The maximum Gasteiger partial charge on any atom is 0.320 e. The van der Waals surface area contributed by atoms with Gasteiger partial charge in [0.2, 0.25) is 5.82 Å². The molecular weight excluding hydrogens is 248 g/mol. The highest BCUT2D eigenvalue weighted by atomic mass is 35.5. The minimum absolute atomic E-state index is 0.0622. The van der Waals surface area contributed by atoms with E-state index in [2.05, 4.69) is 19.6 Å². The third kappa shape index (κ3) is 1.82. The Hall–Kier alpha value is -0.840. The van der Waals surface area contributed by atoms with Crippen molar-refractivity contribution in [1.29, 1.82) is 0 Å². The second-order valence-corrected chi connectivity index (χ2v) is 3.52. The van der Waals surface area contributed by atoms with E-state index in [1.165, 1.54) is 12.3 Å². The van der Waals surface area contributed by atoms with Crippen LogP contribution in [0.2, 0.25) is 15.4 Å². The fourth-order valence-electron chi connectivity index (χ4n) is 0.880. The number of aromatic nitrogens is 3. The molecule has 0 aliphatic heterocycles. The summed E-state index contributed by atoms with van der Waals surface area (Å²) in [5, 5.41) is 4.29. The molecule has 0 unspecified atom stereocenters. The Balaban J connectivity index is 2.52. The molecule has 0 aliphatic carbocycles. The van der Waals surface area contributed by atoms with Crippen LogP contribution in [-0.4, -0.2) is 15.1 Å². The zero-order valence-corrected chi connectivity index (χ0v) is 8.81. The molecule has 0 saturated carbocycles. The summed E-state index contributed by atoms with van der Waals surface area (Å²) < 4.78 is 4.58. The summed E-state index contributed by atoms with van der Waals surface area (Å²) in [5.41, 5.74) is 0.381. The largest absolute Gasteiger partial charge is 0.321 e. The number of rotatable bonds is 1. The zero-order valence-electron chi connectivity index (χ0n) is 6.54. The number of nitrogens with zero attached hydrogens (tertiary/aromatic N) is 3. The maximum absolute atomic E-state index is 5.86. The minimum Gasteiger partial charge on any atom is -0.321 e. The molecule has 7 heteroatoms. The van der Waals surface area contributed by atoms with E-state index in [9.17, 15) is 0 Å². The highest BCUT2D eigenvalue weighted by molar-refractivity contribution is 6.36. The van der Waals surface area contributed by atoms with E-state index in [4.69, 9.17) is 34.8 Å². The van der Waals surface area contributed by atoms with Gasteiger partial charge in [-0.3, -0.25) is 0 Å². The summed E-state index contributed by atoms with van der Waals surface area (Å²) in [7, 11) is 0. The molecule has 4 nitrogen and oxygen atoms in total. The molecule has 2 rings (SSSR count). The van der Waals surface area contributed by atoms with Gasteiger partial charge in [0.15, 0.2) is 0 Å². The number of pyridine rings is 1. The lowest BCUT2D eigenvalue weighted by atomic mass is 10.3. The van der Waals surface area contributed by atoms with E-state index < -0.39 is 0 Å². The Morgan fingerprint density at radius 1 is 1.21 bits per heavy atom. The van der Waals surface area contributed by atoms with Crippen LogP contribution in [0.25, 0.3) is 11.5 Å². The highest BCUT2D eigenvalue weighted by Crippen LogP contribution is 2.26. The molecule has 0 N–H and O–H groups in total. The molecule has 0 spiro atoms. The van der Waals surface area contributed by atoms with Crippen LogP contribution in [0.3, 0.4) is 0 Å². The molecule has 0 atom stereocenters. The lowest BCUT2D eigenvalue weighted by Gasteiger charge is -1.96. The molecule has 14 heavy (non-hydrogen) atoms. The molecule has 0 radical (unpaired) electrons. The first-order valence-corrected chi connectivity index (χ1v) is 4.61. The van der Waals surface area contributed by atoms with Crippen LogP contribution in [-0.2, 0) is 0 Å². The zero-order chi connectivity index (χ0) is 10.1. The van der Waals surface area contributed by atoms with E-state index in [-0.39, 0.29) is 11.2 Å². The average Bonchev–Trinajstić information content (AvgIpc) is 2.51. The van der Waals surface area contributed by atoms with Gasteiger partial charge in [-0.05, 0) is 17.7 Å². The van der Waals surface area contributed by atoms with Gasteiger partial charge >= 0.3 is 5.35 Å². The van der Waals surface area contributed by atoms with E-state index in [1.54, 1.807) is 0 Å². The van der Waals surface area contributed by atoms with Crippen molar-refractivity contribution in [3.63, 3.8) is 0 Å². The van der Waals surface area contributed by atoms with Gasteiger partial charge in [-0.25, -0.2) is 4.98 Å². The second kappa shape index (κ2) is 3.73. The molecule has 2 aromatic rings. The smallest absolute Gasteiger partial charge is 0.320 e. The Labute approximate surface area is 93.8 Å². The Bertz CT molecular complexity index is 471.